The van der Waals surface area contributed by atoms with Crippen molar-refractivity contribution in [3.8, 4) is 28.1 Å². The van der Waals surface area contributed by atoms with Crippen molar-refractivity contribution in [2.24, 2.45) is 0 Å². The molecule has 0 aliphatic heterocycles. The van der Waals surface area contributed by atoms with Crippen LogP contribution in [0.5, 0.6) is 0 Å². The largest absolute Gasteiger partial charge is 0.294 e. The summed E-state index contributed by atoms with van der Waals surface area (Å²) in [7, 11) is 0. The molecule has 200 valence electrons. The molecule has 0 bridgehead atoms. The van der Waals surface area contributed by atoms with Crippen LogP contribution in [-0.4, -0.2) is 19.5 Å². The monoisotopic (exact) mass is 548 g/mol. The van der Waals surface area contributed by atoms with E-state index in [0.717, 1.165) is 55.3 Å². The Bertz CT molecular complexity index is 2510. The Hall–Kier alpha value is -5.87. The lowest BCUT2D eigenvalue weighted by molar-refractivity contribution is 1.14. The smallest absolute Gasteiger partial charge is 0.145 e. The highest BCUT2D eigenvalue weighted by Crippen LogP contribution is 2.39. The lowest BCUT2D eigenvalue weighted by Gasteiger charge is -2.13. The van der Waals surface area contributed by atoms with Gasteiger partial charge in [-0.05, 0) is 70.4 Å². The van der Waals surface area contributed by atoms with Gasteiger partial charge in [-0.1, -0.05) is 84.9 Å². The summed E-state index contributed by atoms with van der Waals surface area (Å²) >= 11 is 0. The van der Waals surface area contributed by atoms with Gasteiger partial charge in [0.05, 0.1) is 22.2 Å². The van der Waals surface area contributed by atoms with Gasteiger partial charge >= 0.3 is 0 Å². The third-order valence-corrected chi connectivity index (χ3v) is 8.48. The maximum absolute atomic E-state index is 5.16. The molecule has 0 saturated heterocycles. The fraction of sp³-hybridized carbons (Fsp3) is 0. The van der Waals surface area contributed by atoms with Crippen LogP contribution in [0.4, 0.5) is 0 Å². The standard InChI is InChI=1S/C39H24N4/c1-2-9-28(10-3-1)43-36-21-17-27(24-34(36)33-13-7-23-41-39(33)43)29-18-19-32(31-12-5-4-11-30(29)31)35-20-16-26-15-14-25-8-6-22-40-37(25)38(26)42-35/h1-24H. The van der Waals surface area contributed by atoms with Gasteiger partial charge in [0.25, 0.3) is 0 Å². The van der Waals surface area contributed by atoms with Crippen LogP contribution in [-0.2, 0) is 0 Å². The molecule has 9 aromatic rings. The first kappa shape index (κ1) is 23.8. The molecule has 0 spiro atoms. The molecule has 0 saturated carbocycles. The van der Waals surface area contributed by atoms with Crippen LogP contribution in [0.15, 0.2) is 146 Å². The highest BCUT2D eigenvalue weighted by Gasteiger charge is 2.16. The van der Waals surface area contributed by atoms with Crippen LogP contribution in [0.3, 0.4) is 0 Å². The van der Waals surface area contributed by atoms with Crippen molar-refractivity contribution in [3.05, 3.63) is 146 Å². The zero-order valence-corrected chi connectivity index (χ0v) is 23.1. The molecule has 0 fully saturated rings. The first-order valence-corrected chi connectivity index (χ1v) is 14.5. The molecule has 5 aromatic carbocycles. The summed E-state index contributed by atoms with van der Waals surface area (Å²) in [5.41, 5.74) is 9.50. The van der Waals surface area contributed by atoms with Gasteiger partial charge < -0.3 is 0 Å². The van der Waals surface area contributed by atoms with Crippen molar-refractivity contribution >= 4 is 54.5 Å². The van der Waals surface area contributed by atoms with E-state index in [4.69, 9.17) is 9.97 Å². The third-order valence-electron chi connectivity index (χ3n) is 8.48. The molecule has 0 aliphatic carbocycles. The minimum atomic E-state index is 0.928. The van der Waals surface area contributed by atoms with Crippen LogP contribution >= 0.6 is 0 Å². The molecule has 0 radical (unpaired) electrons. The van der Waals surface area contributed by atoms with Crippen LogP contribution in [0.1, 0.15) is 0 Å². The van der Waals surface area contributed by atoms with E-state index >= 15 is 0 Å². The zero-order valence-electron chi connectivity index (χ0n) is 23.1. The van der Waals surface area contributed by atoms with Gasteiger partial charge in [-0.2, -0.15) is 0 Å². The first-order valence-electron chi connectivity index (χ1n) is 14.5. The number of fused-ring (bicyclic) bond motifs is 7. The van der Waals surface area contributed by atoms with Gasteiger partial charge in [0.15, 0.2) is 0 Å². The fourth-order valence-corrected chi connectivity index (χ4v) is 6.50. The fourth-order valence-electron chi connectivity index (χ4n) is 6.50. The number of aromatic nitrogens is 4. The average molecular weight is 549 g/mol. The van der Waals surface area contributed by atoms with E-state index in [2.05, 4.69) is 125 Å². The highest BCUT2D eigenvalue weighted by atomic mass is 15.0. The number of benzene rings is 5. The Morgan fingerprint density at radius 1 is 0.465 bits per heavy atom. The first-order chi connectivity index (χ1) is 21.3. The molecule has 0 amide bonds. The summed E-state index contributed by atoms with van der Waals surface area (Å²) in [5, 5.41) is 6.89. The van der Waals surface area contributed by atoms with Crippen molar-refractivity contribution in [2.45, 2.75) is 0 Å². The van der Waals surface area contributed by atoms with Crippen LogP contribution < -0.4 is 0 Å². The SMILES string of the molecule is c1ccc(-n2c3ccc(-c4ccc(-c5ccc6ccc7cccnc7c6n5)c5ccccc45)cc3c3cccnc32)cc1. The lowest BCUT2D eigenvalue weighted by atomic mass is 9.93. The second-order valence-electron chi connectivity index (χ2n) is 10.9. The number of nitrogens with zero attached hydrogens (tertiary/aromatic N) is 4. The van der Waals surface area contributed by atoms with Crippen molar-refractivity contribution < 1.29 is 0 Å². The Morgan fingerprint density at radius 2 is 1.16 bits per heavy atom. The van der Waals surface area contributed by atoms with Crippen molar-refractivity contribution in [1.82, 2.24) is 19.5 Å². The Kier molecular flexibility index (Phi) is 5.16. The second-order valence-corrected chi connectivity index (χ2v) is 10.9. The summed E-state index contributed by atoms with van der Waals surface area (Å²) < 4.78 is 2.25. The molecule has 4 aromatic heterocycles. The minimum absolute atomic E-state index is 0.928. The van der Waals surface area contributed by atoms with E-state index in [9.17, 15) is 0 Å². The Morgan fingerprint density at radius 3 is 2.05 bits per heavy atom. The predicted octanol–water partition coefficient (Wildman–Crippen LogP) is 9.76. The molecule has 4 heteroatoms. The van der Waals surface area contributed by atoms with Crippen molar-refractivity contribution in [3.63, 3.8) is 0 Å². The maximum atomic E-state index is 5.16. The van der Waals surface area contributed by atoms with Gasteiger partial charge in [-0.25, -0.2) is 9.97 Å². The molecular weight excluding hydrogens is 524 g/mol. The van der Waals surface area contributed by atoms with Gasteiger partial charge in [-0.3, -0.25) is 9.55 Å². The Labute approximate surface area is 247 Å². The van der Waals surface area contributed by atoms with Gasteiger partial charge in [0.2, 0.25) is 0 Å². The van der Waals surface area contributed by atoms with E-state index in [1.165, 1.54) is 27.3 Å². The molecule has 4 nitrogen and oxygen atoms in total. The summed E-state index contributed by atoms with van der Waals surface area (Å²) in [6.45, 7) is 0. The molecule has 0 unspecified atom stereocenters. The summed E-state index contributed by atoms with van der Waals surface area (Å²) in [6.07, 6.45) is 3.71. The van der Waals surface area contributed by atoms with E-state index in [-0.39, 0.29) is 0 Å². The van der Waals surface area contributed by atoms with E-state index < -0.39 is 0 Å². The maximum Gasteiger partial charge on any atom is 0.145 e. The number of hydrogen-bond donors (Lipinski definition) is 0. The van der Waals surface area contributed by atoms with Crippen LogP contribution in [0.2, 0.25) is 0 Å². The lowest BCUT2D eigenvalue weighted by Crippen LogP contribution is -1.94. The normalized spacial score (nSPS) is 11.7. The quantitative estimate of drug-likeness (QED) is 0.206. The molecule has 0 N–H and O–H groups in total. The van der Waals surface area contributed by atoms with Gasteiger partial charge in [0.1, 0.15) is 5.65 Å². The van der Waals surface area contributed by atoms with Gasteiger partial charge in [-0.15, -0.1) is 0 Å². The number of rotatable bonds is 3. The Balaban J connectivity index is 1.24. The average Bonchev–Trinajstić information content (AvgIpc) is 3.41. The van der Waals surface area contributed by atoms with E-state index in [0.29, 0.717) is 0 Å². The second kappa shape index (κ2) is 9.33. The number of hydrogen-bond acceptors (Lipinski definition) is 3. The summed E-state index contributed by atoms with van der Waals surface area (Å²) in [5.74, 6) is 0. The molecule has 4 heterocycles. The van der Waals surface area contributed by atoms with Crippen LogP contribution in [0, 0.1) is 0 Å². The van der Waals surface area contributed by atoms with Gasteiger partial charge in [0, 0.05) is 45.2 Å². The third kappa shape index (κ3) is 3.67. The van der Waals surface area contributed by atoms with E-state index in [1.54, 1.807) is 0 Å². The highest BCUT2D eigenvalue weighted by molar-refractivity contribution is 6.11. The molecule has 9 rings (SSSR count). The molecule has 0 atom stereocenters. The topological polar surface area (TPSA) is 43.6 Å². The summed E-state index contributed by atoms with van der Waals surface area (Å²) in [4.78, 5) is 14.6. The minimum Gasteiger partial charge on any atom is -0.294 e. The molecular formula is C39H24N4. The summed E-state index contributed by atoms with van der Waals surface area (Å²) in [6, 6.07) is 47.1. The molecule has 43 heavy (non-hydrogen) atoms. The predicted molar refractivity (Wildman–Crippen MR) is 178 cm³/mol. The number of para-hydroxylation sites is 1. The van der Waals surface area contributed by atoms with Crippen LogP contribution in [0.25, 0.3) is 82.6 Å². The van der Waals surface area contributed by atoms with E-state index in [1.807, 2.05) is 30.6 Å². The number of pyridine rings is 3. The molecule has 0 aliphatic rings. The van der Waals surface area contributed by atoms with Crippen molar-refractivity contribution in [1.29, 1.82) is 0 Å². The van der Waals surface area contributed by atoms with Crippen molar-refractivity contribution in [2.75, 3.05) is 0 Å². The zero-order chi connectivity index (χ0) is 28.3.